The Morgan fingerprint density at radius 2 is 1.78 bits per heavy atom. The summed E-state index contributed by atoms with van der Waals surface area (Å²) in [7, 11) is -6.98. The number of sulfonamides is 1. The third-order valence-corrected chi connectivity index (χ3v) is 8.42. The molecule has 1 saturated heterocycles. The minimum Gasteiger partial charge on any atom is -0.229 e. The molecule has 1 aliphatic rings. The summed E-state index contributed by atoms with van der Waals surface area (Å²) in [6.45, 7) is 3.98. The molecule has 0 aromatic heterocycles. The van der Waals surface area contributed by atoms with Crippen LogP contribution in [0.4, 0.5) is 4.39 Å². The van der Waals surface area contributed by atoms with Crippen molar-refractivity contribution in [2.24, 2.45) is 5.92 Å². The normalized spacial score (nSPS) is 18.4. The van der Waals surface area contributed by atoms with Crippen LogP contribution in [-0.2, 0) is 19.9 Å². The van der Waals surface area contributed by atoms with Gasteiger partial charge < -0.3 is 0 Å². The molecule has 0 spiro atoms. The first-order chi connectivity index (χ1) is 10.6. The summed E-state index contributed by atoms with van der Waals surface area (Å²) >= 11 is 0. The van der Waals surface area contributed by atoms with Crippen LogP contribution in [0.1, 0.15) is 26.7 Å². The van der Waals surface area contributed by atoms with E-state index >= 15 is 0 Å². The summed E-state index contributed by atoms with van der Waals surface area (Å²) in [5.74, 6) is -0.441. The van der Waals surface area contributed by atoms with Gasteiger partial charge in [-0.3, -0.25) is 0 Å². The van der Waals surface area contributed by atoms with E-state index in [4.69, 9.17) is 0 Å². The van der Waals surface area contributed by atoms with Crippen molar-refractivity contribution in [1.82, 2.24) is 4.31 Å². The predicted molar refractivity (Wildman–Crippen MR) is 86.8 cm³/mol. The number of nitrogens with zero attached hydrogens (tertiary/aromatic N) is 1. The van der Waals surface area contributed by atoms with E-state index in [0.717, 1.165) is 6.07 Å². The molecule has 0 radical (unpaired) electrons. The fourth-order valence-electron chi connectivity index (χ4n) is 2.81. The van der Waals surface area contributed by atoms with Crippen LogP contribution < -0.4 is 0 Å². The van der Waals surface area contributed by atoms with Crippen LogP contribution in [0.15, 0.2) is 29.2 Å². The molecule has 23 heavy (non-hydrogen) atoms. The van der Waals surface area contributed by atoms with Crippen molar-refractivity contribution in [1.29, 1.82) is 0 Å². The standard InChI is InChI=1S/C15H22FNO4S2/c1-12(2)11-22(18,19)14-6-8-17(9-7-14)23(20,21)15-5-3-4-13(16)10-15/h3-5,10,12,14H,6-9,11H2,1-2H3. The highest BCUT2D eigenvalue weighted by Gasteiger charge is 2.35. The number of sulfone groups is 1. The second kappa shape index (κ2) is 6.86. The van der Waals surface area contributed by atoms with Gasteiger partial charge in [-0.2, -0.15) is 4.31 Å². The fraction of sp³-hybridized carbons (Fsp3) is 0.600. The quantitative estimate of drug-likeness (QED) is 0.803. The summed E-state index contributed by atoms with van der Waals surface area (Å²) in [6.07, 6.45) is 0.563. The van der Waals surface area contributed by atoms with Gasteiger partial charge >= 0.3 is 0 Å². The number of benzene rings is 1. The van der Waals surface area contributed by atoms with Crippen LogP contribution in [0.2, 0.25) is 0 Å². The molecule has 1 fully saturated rings. The highest BCUT2D eigenvalue weighted by atomic mass is 32.2. The summed E-state index contributed by atoms with van der Waals surface area (Å²) in [5.41, 5.74) is 0. The van der Waals surface area contributed by atoms with Gasteiger partial charge in [0.2, 0.25) is 10.0 Å². The lowest BCUT2D eigenvalue weighted by Crippen LogP contribution is -2.43. The van der Waals surface area contributed by atoms with Gasteiger partial charge in [0.15, 0.2) is 9.84 Å². The van der Waals surface area contributed by atoms with Crippen LogP contribution in [0.5, 0.6) is 0 Å². The molecule has 0 unspecified atom stereocenters. The molecule has 1 heterocycles. The molecular weight excluding hydrogens is 341 g/mol. The summed E-state index contributed by atoms with van der Waals surface area (Å²) in [6, 6.07) is 4.86. The predicted octanol–water partition coefficient (Wildman–Crippen LogP) is 2.05. The van der Waals surface area contributed by atoms with E-state index in [-0.39, 0.29) is 42.5 Å². The molecule has 0 N–H and O–H groups in total. The Labute approximate surface area is 137 Å². The maximum atomic E-state index is 13.2. The zero-order valence-electron chi connectivity index (χ0n) is 13.3. The van der Waals surface area contributed by atoms with Crippen LogP contribution >= 0.6 is 0 Å². The first-order valence-electron chi connectivity index (χ1n) is 7.60. The maximum absolute atomic E-state index is 13.2. The molecular formula is C15H22FNO4S2. The molecule has 5 nitrogen and oxygen atoms in total. The number of halogens is 1. The molecule has 8 heteroatoms. The zero-order valence-corrected chi connectivity index (χ0v) is 14.9. The summed E-state index contributed by atoms with van der Waals surface area (Å²) in [5, 5.41) is -0.496. The molecule has 1 aliphatic heterocycles. The van der Waals surface area contributed by atoms with Gasteiger partial charge in [0.1, 0.15) is 5.82 Å². The monoisotopic (exact) mass is 363 g/mol. The van der Waals surface area contributed by atoms with Crippen LogP contribution in [0, 0.1) is 11.7 Å². The molecule has 2 rings (SSSR count). The van der Waals surface area contributed by atoms with E-state index in [2.05, 4.69) is 0 Å². The Morgan fingerprint density at radius 3 is 2.30 bits per heavy atom. The van der Waals surface area contributed by atoms with Gasteiger partial charge in [-0.25, -0.2) is 21.2 Å². The average Bonchev–Trinajstić information content (AvgIpc) is 2.46. The first kappa shape index (κ1) is 18.4. The molecule has 1 aromatic rings. The van der Waals surface area contributed by atoms with Gasteiger partial charge in [0.25, 0.3) is 0 Å². The fourth-order valence-corrected chi connectivity index (χ4v) is 6.44. The van der Waals surface area contributed by atoms with E-state index in [1.54, 1.807) is 0 Å². The second-order valence-electron chi connectivity index (χ2n) is 6.28. The lowest BCUT2D eigenvalue weighted by Gasteiger charge is -2.31. The van der Waals surface area contributed by atoms with Crippen molar-refractivity contribution in [3.8, 4) is 0 Å². The molecule has 0 amide bonds. The molecule has 0 saturated carbocycles. The van der Waals surface area contributed by atoms with E-state index in [1.807, 2.05) is 13.8 Å². The second-order valence-corrected chi connectivity index (χ2v) is 10.5. The number of piperidine rings is 1. The highest BCUT2D eigenvalue weighted by Crippen LogP contribution is 2.25. The van der Waals surface area contributed by atoms with Crippen molar-refractivity contribution in [3.63, 3.8) is 0 Å². The average molecular weight is 363 g/mol. The molecule has 1 aromatic carbocycles. The highest BCUT2D eigenvalue weighted by molar-refractivity contribution is 7.92. The number of hydrogen-bond donors (Lipinski definition) is 0. The third-order valence-electron chi connectivity index (χ3n) is 3.91. The van der Waals surface area contributed by atoms with Gasteiger partial charge in [-0.1, -0.05) is 19.9 Å². The largest absolute Gasteiger partial charge is 0.243 e. The number of rotatable bonds is 5. The van der Waals surface area contributed by atoms with Crippen LogP contribution in [0.3, 0.4) is 0 Å². The van der Waals surface area contributed by atoms with Gasteiger partial charge in [-0.15, -0.1) is 0 Å². The molecule has 0 bridgehead atoms. The number of hydrogen-bond acceptors (Lipinski definition) is 4. The molecule has 0 aliphatic carbocycles. The topological polar surface area (TPSA) is 71.5 Å². The van der Waals surface area contributed by atoms with Gasteiger partial charge in [-0.05, 0) is 37.0 Å². The van der Waals surface area contributed by atoms with Crippen molar-refractivity contribution in [2.45, 2.75) is 36.8 Å². The Kier molecular flexibility index (Phi) is 5.48. The first-order valence-corrected chi connectivity index (χ1v) is 10.8. The maximum Gasteiger partial charge on any atom is 0.243 e. The van der Waals surface area contributed by atoms with E-state index < -0.39 is 30.9 Å². The van der Waals surface area contributed by atoms with Crippen molar-refractivity contribution >= 4 is 19.9 Å². The van der Waals surface area contributed by atoms with E-state index in [9.17, 15) is 21.2 Å². The third kappa shape index (κ3) is 4.30. The Balaban J connectivity index is 2.10. The lowest BCUT2D eigenvalue weighted by atomic mass is 10.2. The Morgan fingerprint density at radius 1 is 1.17 bits per heavy atom. The van der Waals surface area contributed by atoms with E-state index in [0.29, 0.717) is 0 Å². The lowest BCUT2D eigenvalue weighted by molar-refractivity contribution is 0.345. The van der Waals surface area contributed by atoms with E-state index in [1.165, 1.54) is 22.5 Å². The van der Waals surface area contributed by atoms with Crippen molar-refractivity contribution < 1.29 is 21.2 Å². The van der Waals surface area contributed by atoms with Crippen LogP contribution in [-0.4, -0.2) is 45.2 Å². The van der Waals surface area contributed by atoms with Gasteiger partial charge in [0, 0.05) is 13.1 Å². The van der Waals surface area contributed by atoms with Crippen molar-refractivity contribution in [3.05, 3.63) is 30.1 Å². The Bertz CT molecular complexity index is 751. The van der Waals surface area contributed by atoms with Gasteiger partial charge in [0.05, 0.1) is 15.9 Å². The molecule has 130 valence electrons. The van der Waals surface area contributed by atoms with Crippen molar-refractivity contribution in [2.75, 3.05) is 18.8 Å². The zero-order chi connectivity index (χ0) is 17.3. The Hall–Kier alpha value is -0.990. The molecule has 0 atom stereocenters. The summed E-state index contributed by atoms with van der Waals surface area (Å²) in [4.78, 5) is -0.0963. The van der Waals surface area contributed by atoms with Crippen LogP contribution in [0.25, 0.3) is 0 Å². The SMILES string of the molecule is CC(C)CS(=O)(=O)C1CCN(S(=O)(=O)c2cccc(F)c2)CC1. The minimum absolute atomic E-state index is 0.0501. The smallest absolute Gasteiger partial charge is 0.229 e. The summed E-state index contributed by atoms with van der Waals surface area (Å²) < 4.78 is 63.9. The minimum atomic E-state index is -3.78.